The number of halogens is 1. The summed E-state index contributed by atoms with van der Waals surface area (Å²) in [5, 5.41) is 11.0. The number of benzene rings is 1. The van der Waals surface area contributed by atoms with Gasteiger partial charge in [-0.05, 0) is 18.2 Å². The lowest BCUT2D eigenvalue weighted by atomic mass is 10.0. The molecule has 0 radical (unpaired) electrons. The fraction of sp³-hybridized carbons (Fsp3) is 0.167. The number of aliphatic hydroxyl groups excluding tert-OH is 1. The number of ether oxygens (including phenoxy) is 1. The van der Waals surface area contributed by atoms with Crippen molar-refractivity contribution in [2.24, 2.45) is 0 Å². The largest absolute Gasteiger partial charge is 0.467 e. The van der Waals surface area contributed by atoms with E-state index < -0.39 is 12.1 Å². The summed E-state index contributed by atoms with van der Waals surface area (Å²) in [6.07, 6.45) is 0.223. The van der Waals surface area contributed by atoms with Gasteiger partial charge in [-0.15, -0.1) is 0 Å². The van der Waals surface area contributed by atoms with E-state index in [0.29, 0.717) is 21.5 Å². The Morgan fingerprint density at radius 2 is 2.24 bits per heavy atom. The third-order valence-electron chi connectivity index (χ3n) is 2.47. The number of hydrogen-bond donors (Lipinski definition) is 1. The molecule has 0 fully saturated rings. The fourth-order valence-electron chi connectivity index (χ4n) is 1.62. The molecule has 1 atom stereocenters. The second kappa shape index (κ2) is 4.69. The van der Waals surface area contributed by atoms with Crippen molar-refractivity contribution in [1.29, 1.82) is 0 Å². The highest BCUT2D eigenvalue weighted by Crippen LogP contribution is 2.28. The van der Waals surface area contributed by atoms with Crippen LogP contribution in [0.2, 0.25) is 5.02 Å². The minimum atomic E-state index is -1.35. The van der Waals surface area contributed by atoms with Crippen LogP contribution in [0.3, 0.4) is 0 Å². The SMILES string of the molecule is COC(=O)C(O)c1ccc(Cl)c2cccnc12. The first-order valence-electron chi connectivity index (χ1n) is 4.94. The van der Waals surface area contributed by atoms with Crippen molar-refractivity contribution in [3.05, 3.63) is 41.0 Å². The number of aromatic nitrogens is 1. The van der Waals surface area contributed by atoms with Crippen molar-refractivity contribution < 1.29 is 14.6 Å². The van der Waals surface area contributed by atoms with Crippen LogP contribution in [-0.4, -0.2) is 23.2 Å². The molecule has 1 aromatic heterocycles. The predicted octanol–water partition coefficient (Wildman–Crippen LogP) is 2.09. The smallest absolute Gasteiger partial charge is 0.339 e. The number of pyridine rings is 1. The lowest BCUT2D eigenvalue weighted by Crippen LogP contribution is -2.14. The second-order valence-electron chi connectivity index (χ2n) is 3.46. The molecule has 4 nitrogen and oxygen atoms in total. The van der Waals surface area contributed by atoms with E-state index in [1.54, 1.807) is 30.5 Å². The lowest BCUT2D eigenvalue weighted by molar-refractivity contribution is -0.150. The Balaban J connectivity index is 2.63. The van der Waals surface area contributed by atoms with Crippen LogP contribution in [0.1, 0.15) is 11.7 Å². The number of rotatable bonds is 2. The van der Waals surface area contributed by atoms with E-state index in [1.807, 2.05) is 0 Å². The zero-order valence-electron chi connectivity index (χ0n) is 9.05. The van der Waals surface area contributed by atoms with Gasteiger partial charge in [-0.3, -0.25) is 4.98 Å². The van der Waals surface area contributed by atoms with Gasteiger partial charge in [0.25, 0.3) is 0 Å². The molecule has 88 valence electrons. The van der Waals surface area contributed by atoms with E-state index >= 15 is 0 Å². The molecule has 0 saturated carbocycles. The van der Waals surface area contributed by atoms with Crippen LogP contribution in [0.5, 0.6) is 0 Å². The normalized spacial score (nSPS) is 12.4. The van der Waals surface area contributed by atoms with Gasteiger partial charge in [0, 0.05) is 22.2 Å². The summed E-state index contributed by atoms with van der Waals surface area (Å²) in [6.45, 7) is 0. The van der Waals surface area contributed by atoms with Crippen LogP contribution in [0.25, 0.3) is 10.9 Å². The number of methoxy groups -OCH3 is 1. The minimum Gasteiger partial charge on any atom is -0.467 e. The molecule has 1 aromatic carbocycles. The maximum absolute atomic E-state index is 11.3. The average Bonchev–Trinajstić information content (AvgIpc) is 2.38. The van der Waals surface area contributed by atoms with Crippen molar-refractivity contribution in [2.45, 2.75) is 6.10 Å². The Morgan fingerprint density at radius 1 is 1.47 bits per heavy atom. The Bertz CT molecular complexity index is 571. The summed E-state index contributed by atoms with van der Waals surface area (Å²) in [4.78, 5) is 15.4. The first-order valence-corrected chi connectivity index (χ1v) is 5.32. The summed E-state index contributed by atoms with van der Waals surface area (Å²) in [5.41, 5.74) is 0.884. The average molecular weight is 252 g/mol. The Labute approximate surface area is 103 Å². The highest BCUT2D eigenvalue weighted by atomic mass is 35.5. The molecule has 1 unspecified atom stereocenters. The van der Waals surface area contributed by atoms with Gasteiger partial charge in [-0.1, -0.05) is 17.7 Å². The molecule has 1 N–H and O–H groups in total. The Morgan fingerprint density at radius 3 is 2.94 bits per heavy atom. The molecule has 1 heterocycles. The van der Waals surface area contributed by atoms with E-state index in [2.05, 4.69) is 9.72 Å². The van der Waals surface area contributed by atoms with Gasteiger partial charge in [0.15, 0.2) is 6.10 Å². The van der Waals surface area contributed by atoms with E-state index in [4.69, 9.17) is 11.6 Å². The zero-order chi connectivity index (χ0) is 12.4. The van der Waals surface area contributed by atoms with Crippen LogP contribution in [0.15, 0.2) is 30.5 Å². The molecule has 0 spiro atoms. The summed E-state index contributed by atoms with van der Waals surface area (Å²) in [5.74, 6) is -0.723. The summed E-state index contributed by atoms with van der Waals surface area (Å²) in [7, 11) is 1.22. The van der Waals surface area contributed by atoms with Crippen molar-refractivity contribution in [1.82, 2.24) is 4.98 Å². The van der Waals surface area contributed by atoms with E-state index in [-0.39, 0.29) is 0 Å². The van der Waals surface area contributed by atoms with Gasteiger partial charge in [0.2, 0.25) is 0 Å². The standard InChI is InChI=1S/C12H10ClNO3/c1-17-12(16)11(15)8-4-5-9(13)7-3-2-6-14-10(7)8/h2-6,11,15H,1H3. The van der Waals surface area contributed by atoms with Crippen LogP contribution in [0.4, 0.5) is 0 Å². The topological polar surface area (TPSA) is 59.4 Å². The van der Waals surface area contributed by atoms with Crippen LogP contribution in [0, 0.1) is 0 Å². The molecule has 0 aliphatic carbocycles. The summed E-state index contributed by atoms with van der Waals surface area (Å²) >= 11 is 6.01. The number of nitrogens with zero attached hydrogens (tertiary/aromatic N) is 1. The number of aliphatic hydroxyl groups is 1. The molecule has 0 aliphatic heterocycles. The van der Waals surface area contributed by atoms with Crippen molar-refractivity contribution in [3.8, 4) is 0 Å². The highest BCUT2D eigenvalue weighted by Gasteiger charge is 2.21. The number of hydrogen-bond acceptors (Lipinski definition) is 4. The van der Waals surface area contributed by atoms with Crippen LogP contribution >= 0.6 is 11.6 Å². The third-order valence-corrected chi connectivity index (χ3v) is 2.80. The number of fused-ring (bicyclic) bond motifs is 1. The molecule has 2 rings (SSSR count). The van der Waals surface area contributed by atoms with Gasteiger partial charge in [-0.25, -0.2) is 4.79 Å². The lowest BCUT2D eigenvalue weighted by Gasteiger charge is -2.11. The highest BCUT2D eigenvalue weighted by molar-refractivity contribution is 6.35. The first-order chi connectivity index (χ1) is 8.15. The molecule has 17 heavy (non-hydrogen) atoms. The van der Waals surface area contributed by atoms with Crippen molar-refractivity contribution >= 4 is 28.5 Å². The predicted molar refractivity (Wildman–Crippen MR) is 63.7 cm³/mol. The molecule has 0 amide bonds. The van der Waals surface area contributed by atoms with Gasteiger partial charge in [-0.2, -0.15) is 0 Å². The van der Waals surface area contributed by atoms with Crippen molar-refractivity contribution in [3.63, 3.8) is 0 Å². The second-order valence-corrected chi connectivity index (χ2v) is 3.87. The number of carbonyl (C=O) groups is 1. The third kappa shape index (κ3) is 2.09. The van der Waals surface area contributed by atoms with Gasteiger partial charge < -0.3 is 9.84 Å². The van der Waals surface area contributed by atoms with Crippen LogP contribution < -0.4 is 0 Å². The molecule has 2 aromatic rings. The molecular formula is C12H10ClNO3. The van der Waals surface area contributed by atoms with Gasteiger partial charge >= 0.3 is 5.97 Å². The summed E-state index contributed by atoms with van der Waals surface area (Å²) < 4.78 is 4.50. The maximum atomic E-state index is 11.3. The zero-order valence-corrected chi connectivity index (χ0v) is 9.81. The molecule has 0 aliphatic rings. The Kier molecular flexibility index (Phi) is 3.26. The quantitative estimate of drug-likeness (QED) is 0.831. The maximum Gasteiger partial charge on any atom is 0.339 e. The molecule has 0 saturated heterocycles. The number of esters is 1. The molecular weight excluding hydrogens is 242 g/mol. The van der Waals surface area contributed by atoms with Gasteiger partial charge in [0.1, 0.15) is 0 Å². The number of carbonyl (C=O) groups excluding carboxylic acids is 1. The molecule has 5 heteroatoms. The first kappa shape index (κ1) is 11.8. The minimum absolute atomic E-state index is 0.386. The van der Waals surface area contributed by atoms with E-state index in [0.717, 1.165) is 0 Å². The Hall–Kier alpha value is -1.65. The van der Waals surface area contributed by atoms with E-state index in [9.17, 15) is 9.90 Å². The van der Waals surface area contributed by atoms with Crippen molar-refractivity contribution in [2.75, 3.05) is 7.11 Å². The molecule has 0 bridgehead atoms. The van der Waals surface area contributed by atoms with Gasteiger partial charge in [0.05, 0.1) is 12.6 Å². The fourth-order valence-corrected chi connectivity index (χ4v) is 1.83. The monoisotopic (exact) mass is 251 g/mol. The van der Waals surface area contributed by atoms with Crippen LogP contribution in [-0.2, 0) is 9.53 Å². The summed E-state index contributed by atoms with van der Waals surface area (Å²) in [6, 6.07) is 6.70. The van der Waals surface area contributed by atoms with E-state index in [1.165, 1.54) is 7.11 Å².